The zero-order valence-corrected chi connectivity index (χ0v) is 14.9. The van der Waals surface area contributed by atoms with E-state index in [0.717, 1.165) is 5.56 Å². The molecule has 5 nitrogen and oxygen atoms in total. The van der Waals surface area contributed by atoms with E-state index in [-0.39, 0.29) is 11.8 Å². The molecule has 0 saturated heterocycles. The third-order valence-corrected chi connectivity index (χ3v) is 4.21. The SMILES string of the molecule is O=C(Nc1ccc(Cl)cc1)c1ccccc1-c1nc(-c2ccccc2)no1. The van der Waals surface area contributed by atoms with E-state index >= 15 is 0 Å². The molecule has 0 unspecified atom stereocenters. The van der Waals surface area contributed by atoms with Crippen LogP contribution in [0.15, 0.2) is 83.4 Å². The fourth-order valence-corrected chi connectivity index (χ4v) is 2.76. The summed E-state index contributed by atoms with van der Waals surface area (Å²) >= 11 is 5.88. The molecular formula is C21H14ClN3O2. The van der Waals surface area contributed by atoms with Crippen LogP contribution in [0.25, 0.3) is 22.8 Å². The summed E-state index contributed by atoms with van der Waals surface area (Å²) in [5.41, 5.74) is 2.50. The second-order valence-electron chi connectivity index (χ2n) is 5.80. The van der Waals surface area contributed by atoms with Gasteiger partial charge in [-0.2, -0.15) is 4.98 Å². The fraction of sp³-hybridized carbons (Fsp3) is 0. The van der Waals surface area contributed by atoms with Gasteiger partial charge >= 0.3 is 0 Å². The summed E-state index contributed by atoms with van der Waals surface area (Å²) in [5, 5.41) is 7.48. The smallest absolute Gasteiger partial charge is 0.259 e. The van der Waals surface area contributed by atoms with E-state index in [1.165, 1.54) is 0 Å². The number of carbonyl (C=O) groups is 1. The first kappa shape index (κ1) is 17.0. The number of halogens is 1. The van der Waals surface area contributed by atoms with Crippen molar-refractivity contribution in [1.82, 2.24) is 10.1 Å². The minimum Gasteiger partial charge on any atom is -0.334 e. The molecule has 27 heavy (non-hydrogen) atoms. The molecule has 1 N–H and O–H groups in total. The normalized spacial score (nSPS) is 10.6. The molecule has 0 fully saturated rings. The first-order valence-corrected chi connectivity index (χ1v) is 8.64. The van der Waals surface area contributed by atoms with Crippen LogP contribution in [-0.2, 0) is 0 Å². The van der Waals surface area contributed by atoms with Crippen LogP contribution >= 0.6 is 11.6 Å². The Morgan fingerprint density at radius 3 is 2.37 bits per heavy atom. The number of hydrogen-bond acceptors (Lipinski definition) is 4. The maximum atomic E-state index is 12.7. The van der Waals surface area contributed by atoms with Crippen LogP contribution in [0.2, 0.25) is 5.02 Å². The van der Waals surface area contributed by atoms with Gasteiger partial charge in [0, 0.05) is 16.3 Å². The quantitative estimate of drug-likeness (QED) is 0.525. The Morgan fingerprint density at radius 2 is 1.59 bits per heavy atom. The topological polar surface area (TPSA) is 68.0 Å². The van der Waals surface area contributed by atoms with E-state index in [1.54, 1.807) is 42.5 Å². The summed E-state index contributed by atoms with van der Waals surface area (Å²) in [6, 6.07) is 23.5. The maximum Gasteiger partial charge on any atom is 0.259 e. The number of anilines is 1. The van der Waals surface area contributed by atoms with Gasteiger partial charge in [-0.25, -0.2) is 0 Å². The summed E-state index contributed by atoms with van der Waals surface area (Å²) in [6.07, 6.45) is 0. The standard InChI is InChI=1S/C21H14ClN3O2/c22-15-10-12-16(13-11-15)23-20(26)17-8-4-5-9-18(17)21-24-19(25-27-21)14-6-2-1-3-7-14/h1-13H,(H,23,26). The molecule has 4 rings (SSSR count). The fourth-order valence-electron chi connectivity index (χ4n) is 2.64. The Kier molecular flexibility index (Phi) is 4.68. The largest absolute Gasteiger partial charge is 0.334 e. The van der Waals surface area contributed by atoms with Gasteiger partial charge in [0.1, 0.15) is 0 Å². The van der Waals surface area contributed by atoms with Gasteiger partial charge in [-0.3, -0.25) is 4.79 Å². The molecule has 1 amide bonds. The third kappa shape index (κ3) is 3.73. The van der Waals surface area contributed by atoms with Crippen molar-refractivity contribution in [3.05, 3.63) is 89.4 Å². The average molecular weight is 376 g/mol. The highest BCUT2D eigenvalue weighted by molar-refractivity contribution is 6.30. The van der Waals surface area contributed by atoms with E-state index in [2.05, 4.69) is 15.5 Å². The lowest BCUT2D eigenvalue weighted by molar-refractivity contribution is 0.102. The molecular weight excluding hydrogens is 362 g/mol. The molecule has 1 aromatic heterocycles. The van der Waals surface area contributed by atoms with Gasteiger partial charge in [0.25, 0.3) is 11.8 Å². The van der Waals surface area contributed by atoms with Crippen molar-refractivity contribution in [3.8, 4) is 22.8 Å². The molecule has 132 valence electrons. The van der Waals surface area contributed by atoms with Crippen molar-refractivity contribution in [2.45, 2.75) is 0 Å². The number of benzene rings is 3. The van der Waals surface area contributed by atoms with Crippen molar-refractivity contribution in [2.24, 2.45) is 0 Å². The van der Waals surface area contributed by atoms with E-state index in [9.17, 15) is 4.79 Å². The first-order valence-electron chi connectivity index (χ1n) is 8.26. The maximum absolute atomic E-state index is 12.7. The number of hydrogen-bond donors (Lipinski definition) is 1. The van der Waals surface area contributed by atoms with Crippen LogP contribution in [0.1, 0.15) is 10.4 Å². The van der Waals surface area contributed by atoms with Gasteiger partial charge in [0.05, 0.1) is 11.1 Å². The van der Waals surface area contributed by atoms with E-state index in [0.29, 0.717) is 27.7 Å². The summed E-state index contributed by atoms with van der Waals surface area (Å²) < 4.78 is 5.40. The monoisotopic (exact) mass is 375 g/mol. The molecule has 0 radical (unpaired) electrons. The molecule has 0 aliphatic heterocycles. The predicted molar refractivity (Wildman–Crippen MR) is 105 cm³/mol. The Balaban J connectivity index is 1.64. The molecule has 1 heterocycles. The van der Waals surface area contributed by atoms with Crippen molar-refractivity contribution in [2.75, 3.05) is 5.32 Å². The van der Waals surface area contributed by atoms with Gasteiger partial charge in [0.15, 0.2) is 0 Å². The predicted octanol–water partition coefficient (Wildman–Crippen LogP) is 5.31. The highest BCUT2D eigenvalue weighted by Crippen LogP contribution is 2.26. The van der Waals surface area contributed by atoms with Crippen LogP contribution in [0, 0.1) is 0 Å². The average Bonchev–Trinajstić information content (AvgIpc) is 3.20. The molecule has 0 aliphatic rings. The minimum absolute atomic E-state index is 0.271. The molecule has 0 spiro atoms. The van der Waals surface area contributed by atoms with Gasteiger partial charge in [0.2, 0.25) is 5.82 Å². The van der Waals surface area contributed by atoms with Crippen LogP contribution in [0.3, 0.4) is 0 Å². The molecule has 0 bridgehead atoms. The summed E-state index contributed by atoms with van der Waals surface area (Å²) in [6.45, 7) is 0. The zero-order chi connectivity index (χ0) is 18.6. The highest BCUT2D eigenvalue weighted by atomic mass is 35.5. The van der Waals surface area contributed by atoms with Gasteiger partial charge in [-0.05, 0) is 36.4 Å². The van der Waals surface area contributed by atoms with Crippen LogP contribution < -0.4 is 5.32 Å². The van der Waals surface area contributed by atoms with Gasteiger partial charge in [-0.1, -0.05) is 59.2 Å². The van der Waals surface area contributed by atoms with Crippen molar-refractivity contribution in [1.29, 1.82) is 0 Å². The Bertz CT molecular complexity index is 1080. The molecule has 6 heteroatoms. The summed E-state index contributed by atoms with van der Waals surface area (Å²) in [4.78, 5) is 17.2. The Hall–Kier alpha value is -3.44. The highest BCUT2D eigenvalue weighted by Gasteiger charge is 2.18. The van der Waals surface area contributed by atoms with Crippen LogP contribution in [0.5, 0.6) is 0 Å². The lowest BCUT2D eigenvalue weighted by atomic mass is 10.1. The number of rotatable bonds is 4. The zero-order valence-electron chi connectivity index (χ0n) is 14.1. The molecule has 0 atom stereocenters. The summed E-state index contributed by atoms with van der Waals surface area (Å²) in [5.74, 6) is 0.488. The lowest BCUT2D eigenvalue weighted by Crippen LogP contribution is -2.13. The molecule has 0 saturated carbocycles. The molecule has 4 aromatic rings. The number of carbonyl (C=O) groups excluding carboxylic acids is 1. The number of nitrogens with one attached hydrogen (secondary N) is 1. The first-order chi connectivity index (χ1) is 13.2. The molecule has 0 aliphatic carbocycles. The third-order valence-electron chi connectivity index (χ3n) is 3.96. The minimum atomic E-state index is -0.271. The van der Waals surface area contributed by atoms with E-state index < -0.39 is 0 Å². The Morgan fingerprint density at radius 1 is 0.889 bits per heavy atom. The van der Waals surface area contributed by atoms with Crippen molar-refractivity contribution < 1.29 is 9.32 Å². The van der Waals surface area contributed by atoms with Gasteiger partial charge < -0.3 is 9.84 Å². The summed E-state index contributed by atoms with van der Waals surface area (Å²) in [7, 11) is 0. The molecule has 3 aromatic carbocycles. The van der Waals surface area contributed by atoms with Crippen molar-refractivity contribution >= 4 is 23.2 Å². The second kappa shape index (κ2) is 7.43. The second-order valence-corrected chi connectivity index (χ2v) is 6.23. The number of amides is 1. The van der Waals surface area contributed by atoms with E-state index in [1.807, 2.05) is 36.4 Å². The van der Waals surface area contributed by atoms with Crippen molar-refractivity contribution in [3.63, 3.8) is 0 Å². The Labute approximate surface area is 160 Å². The number of nitrogens with zero attached hydrogens (tertiary/aromatic N) is 2. The van der Waals surface area contributed by atoms with Crippen LogP contribution in [-0.4, -0.2) is 16.0 Å². The number of aromatic nitrogens is 2. The lowest BCUT2D eigenvalue weighted by Gasteiger charge is -2.08. The van der Waals surface area contributed by atoms with E-state index in [4.69, 9.17) is 16.1 Å². The van der Waals surface area contributed by atoms with Crippen LogP contribution in [0.4, 0.5) is 5.69 Å². The van der Waals surface area contributed by atoms with Gasteiger partial charge in [-0.15, -0.1) is 0 Å².